The molecule has 2 aromatic heterocycles. The lowest BCUT2D eigenvalue weighted by atomic mass is 10.2. The summed E-state index contributed by atoms with van der Waals surface area (Å²) < 4.78 is 8.75. The number of para-hydroxylation sites is 1. The molecule has 0 aliphatic carbocycles. The zero-order chi connectivity index (χ0) is 17.3. The molecule has 7 heteroatoms. The average Bonchev–Trinajstić information content (AvgIpc) is 3.14. The number of hydrogen-bond acceptors (Lipinski definition) is 4. The first-order chi connectivity index (χ1) is 11.5. The number of aryl methyl sites for hydroxylation is 2. The third-order valence-corrected chi connectivity index (χ3v) is 4.13. The number of rotatable bonds is 5. The number of aromatic nitrogens is 4. The number of nitrogens with zero attached hydrogens (tertiary/aromatic N) is 4. The molecule has 3 aromatic rings. The van der Waals surface area contributed by atoms with E-state index in [0.29, 0.717) is 6.54 Å². The van der Waals surface area contributed by atoms with E-state index in [1.54, 1.807) is 16.5 Å². The third-order valence-electron chi connectivity index (χ3n) is 4.13. The lowest BCUT2D eigenvalue weighted by Crippen LogP contribution is -2.31. The number of amides is 1. The highest BCUT2D eigenvalue weighted by molar-refractivity contribution is 5.81. The van der Waals surface area contributed by atoms with E-state index in [1.165, 1.54) is 0 Å². The van der Waals surface area contributed by atoms with Gasteiger partial charge in [0.1, 0.15) is 22.8 Å². The molecule has 2 heterocycles. The topological polar surface area (TPSA) is 74.0 Å². The summed E-state index contributed by atoms with van der Waals surface area (Å²) in [5.74, 6) is 0.663. The predicted octanol–water partition coefficient (Wildman–Crippen LogP) is 1.96. The van der Waals surface area contributed by atoms with Gasteiger partial charge in [-0.3, -0.25) is 14.2 Å². The minimum Gasteiger partial charge on any atom is -0.496 e. The van der Waals surface area contributed by atoms with E-state index in [1.807, 2.05) is 51.4 Å². The van der Waals surface area contributed by atoms with Gasteiger partial charge in [0, 0.05) is 19.2 Å². The first-order valence-corrected chi connectivity index (χ1v) is 7.79. The monoisotopic (exact) mass is 327 g/mol. The molecular weight excluding hydrogens is 306 g/mol. The molecule has 3 rings (SSSR count). The van der Waals surface area contributed by atoms with Gasteiger partial charge in [-0.15, -0.1) is 0 Å². The van der Waals surface area contributed by atoms with Crippen LogP contribution in [-0.4, -0.2) is 32.6 Å². The molecule has 1 aromatic carbocycles. The van der Waals surface area contributed by atoms with E-state index in [9.17, 15) is 4.79 Å². The quantitative estimate of drug-likeness (QED) is 0.777. The van der Waals surface area contributed by atoms with Gasteiger partial charge in [0.25, 0.3) is 0 Å². The van der Waals surface area contributed by atoms with Crippen molar-refractivity contribution in [2.24, 2.45) is 7.05 Å². The number of fused-ring (bicyclic) bond motifs is 1. The molecule has 1 atom stereocenters. The summed E-state index contributed by atoms with van der Waals surface area (Å²) in [6.45, 7) is 4.15. The van der Waals surface area contributed by atoms with Crippen molar-refractivity contribution < 1.29 is 9.53 Å². The maximum absolute atomic E-state index is 12.4. The zero-order valence-electron chi connectivity index (χ0n) is 14.3. The second kappa shape index (κ2) is 6.35. The Morgan fingerprint density at radius 3 is 2.79 bits per heavy atom. The first-order valence-electron chi connectivity index (χ1n) is 7.79. The van der Waals surface area contributed by atoms with Crippen LogP contribution in [0.15, 0.2) is 30.5 Å². The Kier molecular flexibility index (Phi) is 4.24. The summed E-state index contributed by atoms with van der Waals surface area (Å²) in [5.41, 5.74) is 3.53. The number of ether oxygens (including phenoxy) is 1. The van der Waals surface area contributed by atoms with Gasteiger partial charge in [-0.2, -0.15) is 10.2 Å². The molecular formula is C17H21N5O2. The zero-order valence-corrected chi connectivity index (χ0v) is 14.3. The summed E-state index contributed by atoms with van der Waals surface area (Å²) >= 11 is 0. The molecule has 1 amide bonds. The van der Waals surface area contributed by atoms with Gasteiger partial charge in [0.2, 0.25) is 5.91 Å². The molecule has 0 fully saturated rings. The van der Waals surface area contributed by atoms with E-state index >= 15 is 0 Å². The Morgan fingerprint density at radius 1 is 1.33 bits per heavy atom. The van der Waals surface area contributed by atoms with Crippen LogP contribution in [0, 0.1) is 6.92 Å². The van der Waals surface area contributed by atoms with Crippen molar-refractivity contribution in [2.45, 2.75) is 26.4 Å². The molecule has 0 aliphatic heterocycles. The van der Waals surface area contributed by atoms with Gasteiger partial charge < -0.3 is 10.1 Å². The first kappa shape index (κ1) is 16.0. The Hall–Kier alpha value is -2.83. The minimum absolute atomic E-state index is 0.0978. The van der Waals surface area contributed by atoms with E-state index in [2.05, 4.69) is 15.5 Å². The average molecular weight is 327 g/mol. The molecule has 126 valence electrons. The number of carbonyl (C=O) groups excluding carboxylic acids is 1. The van der Waals surface area contributed by atoms with Gasteiger partial charge in [0.15, 0.2) is 0 Å². The highest BCUT2D eigenvalue weighted by Gasteiger charge is 2.19. The molecule has 0 saturated heterocycles. The number of carbonyl (C=O) groups is 1. The number of hydrogen-bond donors (Lipinski definition) is 1. The second-order valence-corrected chi connectivity index (χ2v) is 5.76. The molecule has 0 unspecified atom stereocenters. The largest absolute Gasteiger partial charge is 0.496 e. The maximum Gasteiger partial charge on any atom is 0.244 e. The third kappa shape index (κ3) is 2.84. The Balaban J connectivity index is 1.73. The molecule has 7 nitrogen and oxygen atoms in total. The van der Waals surface area contributed by atoms with Crippen molar-refractivity contribution in [3.63, 3.8) is 0 Å². The molecule has 0 spiro atoms. The lowest BCUT2D eigenvalue weighted by Gasteiger charge is -2.14. The second-order valence-electron chi connectivity index (χ2n) is 5.76. The fraction of sp³-hybridized carbons (Fsp3) is 0.353. The van der Waals surface area contributed by atoms with Gasteiger partial charge in [0.05, 0.1) is 19.0 Å². The van der Waals surface area contributed by atoms with Gasteiger partial charge in [-0.05, 0) is 19.9 Å². The lowest BCUT2D eigenvalue weighted by molar-refractivity contribution is -0.124. The normalized spacial score (nSPS) is 12.3. The van der Waals surface area contributed by atoms with Crippen molar-refractivity contribution >= 4 is 16.9 Å². The van der Waals surface area contributed by atoms with Gasteiger partial charge >= 0.3 is 0 Å². The van der Waals surface area contributed by atoms with Crippen LogP contribution in [0.2, 0.25) is 0 Å². The molecule has 0 bridgehead atoms. The van der Waals surface area contributed by atoms with E-state index in [0.717, 1.165) is 28.0 Å². The van der Waals surface area contributed by atoms with E-state index in [4.69, 9.17) is 4.74 Å². The highest BCUT2D eigenvalue weighted by atomic mass is 16.5. The number of benzene rings is 1. The van der Waals surface area contributed by atoms with E-state index < -0.39 is 6.04 Å². The Labute approximate surface area is 140 Å². The van der Waals surface area contributed by atoms with E-state index in [-0.39, 0.29) is 5.91 Å². The summed E-state index contributed by atoms with van der Waals surface area (Å²) in [5, 5.41) is 11.7. The van der Waals surface area contributed by atoms with Crippen LogP contribution in [0.4, 0.5) is 0 Å². The van der Waals surface area contributed by atoms with Crippen LogP contribution in [-0.2, 0) is 18.4 Å². The Morgan fingerprint density at radius 2 is 2.08 bits per heavy atom. The van der Waals surface area contributed by atoms with Crippen molar-refractivity contribution in [1.82, 2.24) is 24.9 Å². The molecule has 0 saturated carbocycles. The van der Waals surface area contributed by atoms with Gasteiger partial charge in [-0.25, -0.2) is 0 Å². The van der Waals surface area contributed by atoms with Crippen LogP contribution in [0.3, 0.4) is 0 Å². The SMILES string of the molecule is COc1ccccc1CNC(=O)[C@@H](C)n1cc2c(n1)c(C)nn2C. The highest BCUT2D eigenvalue weighted by Crippen LogP contribution is 2.19. The molecule has 0 aliphatic rings. The summed E-state index contributed by atoms with van der Waals surface area (Å²) in [4.78, 5) is 12.4. The van der Waals surface area contributed by atoms with Crippen LogP contribution in [0.25, 0.3) is 11.0 Å². The number of methoxy groups -OCH3 is 1. The maximum atomic E-state index is 12.4. The summed E-state index contributed by atoms with van der Waals surface area (Å²) in [6.07, 6.45) is 1.85. The van der Waals surface area contributed by atoms with Crippen LogP contribution in [0.1, 0.15) is 24.2 Å². The van der Waals surface area contributed by atoms with Crippen LogP contribution in [0.5, 0.6) is 5.75 Å². The van der Waals surface area contributed by atoms with Crippen molar-refractivity contribution in [3.05, 3.63) is 41.7 Å². The summed E-state index contributed by atoms with van der Waals surface area (Å²) in [6, 6.07) is 7.22. The smallest absolute Gasteiger partial charge is 0.244 e. The van der Waals surface area contributed by atoms with Crippen molar-refractivity contribution in [1.29, 1.82) is 0 Å². The summed E-state index contributed by atoms with van der Waals surface area (Å²) in [7, 11) is 3.49. The molecule has 24 heavy (non-hydrogen) atoms. The minimum atomic E-state index is -0.411. The van der Waals surface area contributed by atoms with Crippen LogP contribution >= 0.6 is 0 Å². The predicted molar refractivity (Wildman–Crippen MR) is 90.8 cm³/mol. The molecule has 1 N–H and O–H groups in total. The molecule has 0 radical (unpaired) electrons. The van der Waals surface area contributed by atoms with Gasteiger partial charge in [-0.1, -0.05) is 18.2 Å². The van der Waals surface area contributed by atoms with Crippen molar-refractivity contribution in [2.75, 3.05) is 7.11 Å². The fourth-order valence-corrected chi connectivity index (χ4v) is 2.70. The van der Waals surface area contributed by atoms with Crippen LogP contribution < -0.4 is 10.1 Å². The standard InChI is InChI=1S/C17H21N5O2/c1-11-16-14(21(3)19-11)10-22(20-16)12(2)17(23)18-9-13-7-5-6-8-15(13)24-4/h5-8,10,12H,9H2,1-4H3,(H,18,23)/t12-/m1/s1. The fourth-order valence-electron chi connectivity index (χ4n) is 2.70. The van der Waals surface area contributed by atoms with Crippen molar-refractivity contribution in [3.8, 4) is 5.75 Å². The Bertz CT molecular complexity index is 846. The number of nitrogens with one attached hydrogen (secondary N) is 1.